The zero-order chi connectivity index (χ0) is 14.7. The van der Waals surface area contributed by atoms with Gasteiger partial charge in [0, 0.05) is 6.54 Å². The van der Waals surface area contributed by atoms with Gasteiger partial charge in [0.1, 0.15) is 5.41 Å². The molecule has 1 rings (SSSR count). The second-order valence-corrected chi connectivity index (χ2v) is 11.8. The Balaban J connectivity index is 2.73. The maximum absolute atomic E-state index is 12.2. The molecule has 19 heavy (non-hydrogen) atoms. The van der Waals surface area contributed by atoms with Gasteiger partial charge in [0.25, 0.3) is 0 Å². The maximum Gasteiger partial charge on any atom is 0.315 e. The molecule has 1 unspecified atom stereocenters. The molecule has 1 N–H and O–H groups in total. The Kier molecular flexibility index (Phi) is 5.20. The average molecular weight is 287 g/mol. The summed E-state index contributed by atoms with van der Waals surface area (Å²) in [5.41, 5.74) is -0.481. The van der Waals surface area contributed by atoms with E-state index >= 15 is 0 Å². The summed E-state index contributed by atoms with van der Waals surface area (Å²) in [4.78, 5) is 12.2. The minimum atomic E-state index is -1.82. The summed E-state index contributed by atoms with van der Waals surface area (Å²) in [6.45, 7) is 15.4. The fraction of sp³-hybridized carbons (Fsp3) is 0.929. The van der Waals surface area contributed by atoms with Crippen molar-refractivity contribution in [3.05, 3.63) is 0 Å². The lowest BCUT2D eigenvalue weighted by molar-refractivity contribution is -0.156. The van der Waals surface area contributed by atoms with Crippen LogP contribution in [0.5, 0.6) is 0 Å². The fourth-order valence-electron chi connectivity index (χ4n) is 1.92. The van der Waals surface area contributed by atoms with Crippen LogP contribution in [0.25, 0.3) is 0 Å². The zero-order valence-electron chi connectivity index (χ0n) is 13.3. The molecule has 0 radical (unpaired) electrons. The van der Waals surface area contributed by atoms with E-state index in [1.54, 1.807) is 0 Å². The maximum atomic E-state index is 12.2. The van der Waals surface area contributed by atoms with Crippen LogP contribution < -0.4 is 5.32 Å². The van der Waals surface area contributed by atoms with Crippen LogP contribution in [0.15, 0.2) is 0 Å². The largest absolute Gasteiger partial charge is 0.465 e. The smallest absolute Gasteiger partial charge is 0.315 e. The summed E-state index contributed by atoms with van der Waals surface area (Å²) in [6.07, 6.45) is 0.806. The topological polar surface area (TPSA) is 47.6 Å². The Hall–Kier alpha value is -0.393. The predicted octanol–water partition coefficient (Wildman–Crippen LogP) is 2.55. The first kappa shape index (κ1) is 16.7. The van der Waals surface area contributed by atoms with E-state index in [1.807, 2.05) is 6.92 Å². The summed E-state index contributed by atoms with van der Waals surface area (Å²) >= 11 is 0. The van der Waals surface area contributed by atoms with E-state index in [-0.39, 0.29) is 11.0 Å². The van der Waals surface area contributed by atoms with Crippen molar-refractivity contribution >= 4 is 14.3 Å². The van der Waals surface area contributed by atoms with Gasteiger partial charge in [0.2, 0.25) is 0 Å². The molecule has 0 aromatic heterocycles. The monoisotopic (exact) mass is 287 g/mol. The number of hydrogen-bond donors (Lipinski definition) is 1. The van der Waals surface area contributed by atoms with Gasteiger partial charge in [0.05, 0.1) is 13.2 Å². The Labute approximate surface area is 118 Å². The molecule has 0 saturated carbocycles. The molecule has 0 aromatic carbocycles. The minimum Gasteiger partial charge on any atom is -0.465 e. The third kappa shape index (κ3) is 3.80. The molecule has 4 nitrogen and oxygen atoms in total. The molecule has 1 atom stereocenters. The highest BCUT2D eigenvalue weighted by Crippen LogP contribution is 2.38. The first-order valence-corrected chi connectivity index (χ1v) is 10.1. The second-order valence-electron chi connectivity index (χ2n) is 6.98. The van der Waals surface area contributed by atoms with Crippen LogP contribution in [0.3, 0.4) is 0 Å². The van der Waals surface area contributed by atoms with Gasteiger partial charge >= 0.3 is 5.97 Å². The van der Waals surface area contributed by atoms with Gasteiger partial charge in [-0.25, -0.2) is 0 Å². The van der Waals surface area contributed by atoms with E-state index in [4.69, 9.17) is 9.16 Å². The summed E-state index contributed by atoms with van der Waals surface area (Å²) in [7, 11) is -1.82. The van der Waals surface area contributed by atoms with Crippen molar-refractivity contribution in [1.82, 2.24) is 5.32 Å². The second kappa shape index (κ2) is 5.93. The Bertz CT molecular complexity index is 317. The number of hydrogen-bond acceptors (Lipinski definition) is 4. The van der Waals surface area contributed by atoms with Gasteiger partial charge in [-0.15, -0.1) is 0 Å². The van der Waals surface area contributed by atoms with Crippen LogP contribution >= 0.6 is 0 Å². The predicted molar refractivity (Wildman–Crippen MR) is 79.7 cm³/mol. The third-order valence-electron chi connectivity index (χ3n) is 4.47. The number of esters is 1. The molecule has 0 bridgehead atoms. The van der Waals surface area contributed by atoms with Gasteiger partial charge in [-0.1, -0.05) is 20.8 Å². The number of nitrogens with one attached hydrogen (secondary N) is 1. The highest BCUT2D eigenvalue weighted by atomic mass is 28.4. The molecule has 1 fully saturated rings. The van der Waals surface area contributed by atoms with Gasteiger partial charge in [0.15, 0.2) is 8.32 Å². The van der Waals surface area contributed by atoms with E-state index in [9.17, 15) is 4.79 Å². The van der Waals surface area contributed by atoms with Crippen LogP contribution in [0.2, 0.25) is 18.1 Å². The van der Waals surface area contributed by atoms with Crippen molar-refractivity contribution in [1.29, 1.82) is 0 Å². The summed E-state index contributed by atoms with van der Waals surface area (Å²) in [5.74, 6) is -0.112. The number of rotatable bonds is 5. The molecule has 0 aliphatic carbocycles. The molecule has 1 aliphatic heterocycles. The average Bonchev–Trinajstić information content (AvgIpc) is 2.75. The molecule has 0 spiro atoms. The summed E-state index contributed by atoms with van der Waals surface area (Å²) in [6, 6.07) is 0. The normalized spacial score (nSPS) is 24.5. The van der Waals surface area contributed by atoms with Crippen LogP contribution in [0.1, 0.15) is 34.1 Å². The van der Waals surface area contributed by atoms with Crippen molar-refractivity contribution in [3.8, 4) is 0 Å². The van der Waals surface area contributed by atoms with Crippen molar-refractivity contribution in [2.45, 2.75) is 52.2 Å². The van der Waals surface area contributed by atoms with Crippen LogP contribution in [0.4, 0.5) is 0 Å². The number of carbonyl (C=O) groups excluding carboxylic acids is 1. The Morgan fingerprint density at radius 3 is 2.42 bits per heavy atom. The SMILES string of the molecule is CCOC(=O)C1(CO[Si](C)(C)C(C)(C)C)CCNC1. The van der Waals surface area contributed by atoms with E-state index in [1.165, 1.54) is 0 Å². The van der Waals surface area contributed by atoms with E-state index < -0.39 is 13.7 Å². The van der Waals surface area contributed by atoms with Crippen molar-refractivity contribution in [2.75, 3.05) is 26.3 Å². The quantitative estimate of drug-likeness (QED) is 0.623. The van der Waals surface area contributed by atoms with Gasteiger partial charge in [-0.2, -0.15) is 0 Å². The standard InChI is InChI=1S/C14H29NO3Si/c1-7-17-12(16)14(8-9-15-10-14)11-18-19(5,6)13(2,3)4/h15H,7-11H2,1-6H3. The Morgan fingerprint density at radius 2 is 2.00 bits per heavy atom. The van der Waals surface area contributed by atoms with E-state index in [0.717, 1.165) is 13.0 Å². The molecule has 1 heterocycles. The van der Waals surface area contributed by atoms with Crippen molar-refractivity contribution in [3.63, 3.8) is 0 Å². The summed E-state index contributed by atoms with van der Waals surface area (Å²) in [5, 5.41) is 3.42. The van der Waals surface area contributed by atoms with Crippen LogP contribution in [-0.2, 0) is 14.0 Å². The first-order valence-electron chi connectivity index (χ1n) is 7.16. The molecule has 112 valence electrons. The van der Waals surface area contributed by atoms with Gasteiger partial charge in [-0.3, -0.25) is 4.79 Å². The van der Waals surface area contributed by atoms with Crippen LogP contribution in [-0.4, -0.2) is 40.6 Å². The zero-order valence-corrected chi connectivity index (χ0v) is 14.3. The lowest BCUT2D eigenvalue weighted by Gasteiger charge is -2.39. The van der Waals surface area contributed by atoms with Crippen molar-refractivity contribution in [2.24, 2.45) is 5.41 Å². The number of carbonyl (C=O) groups is 1. The lowest BCUT2D eigenvalue weighted by Crippen LogP contribution is -2.47. The van der Waals surface area contributed by atoms with Crippen LogP contribution in [0, 0.1) is 5.41 Å². The first-order chi connectivity index (χ1) is 8.65. The molecular formula is C14H29NO3Si. The Morgan fingerprint density at radius 1 is 1.37 bits per heavy atom. The molecule has 5 heteroatoms. The lowest BCUT2D eigenvalue weighted by atomic mass is 9.88. The number of ether oxygens (including phenoxy) is 1. The molecule has 0 aromatic rings. The highest BCUT2D eigenvalue weighted by Gasteiger charge is 2.46. The highest BCUT2D eigenvalue weighted by molar-refractivity contribution is 6.74. The molecule has 0 amide bonds. The van der Waals surface area contributed by atoms with E-state index in [0.29, 0.717) is 19.8 Å². The molecule has 1 aliphatic rings. The minimum absolute atomic E-state index is 0.112. The third-order valence-corrected chi connectivity index (χ3v) is 8.95. The van der Waals surface area contributed by atoms with Gasteiger partial charge in [-0.05, 0) is 38.0 Å². The summed E-state index contributed by atoms with van der Waals surface area (Å²) < 4.78 is 11.5. The van der Waals surface area contributed by atoms with Gasteiger partial charge < -0.3 is 14.5 Å². The van der Waals surface area contributed by atoms with Crippen molar-refractivity contribution < 1.29 is 14.0 Å². The molecule has 1 saturated heterocycles. The van der Waals surface area contributed by atoms with E-state index in [2.05, 4.69) is 39.2 Å². The molecular weight excluding hydrogens is 258 g/mol. The fourth-order valence-corrected chi connectivity index (χ4v) is 2.99.